The summed E-state index contributed by atoms with van der Waals surface area (Å²) < 4.78 is 31.2. The molecule has 1 aliphatic rings. The summed E-state index contributed by atoms with van der Waals surface area (Å²) in [6.07, 6.45) is 1.11. The van der Waals surface area contributed by atoms with Gasteiger partial charge >= 0.3 is 0 Å². The summed E-state index contributed by atoms with van der Waals surface area (Å²) in [4.78, 5) is 15.1. The number of sulfonamides is 1. The molecule has 1 fully saturated rings. The first kappa shape index (κ1) is 22.3. The first-order chi connectivity index (χ1) is 14.3. The van der Waals surface area contributed by atoms with Crippen LogP contribution in [0.15, 0.2) is 54.6 Å². The van der Waals surface area contributed by atoms with E-state index in [1.54, 1.807) is 37.3 Å². The highest BCUT2D eigenvalue weighted by atomic mass is 32.2. The fraction of sp³-hybridized carbons (Fsp3) is 0.409. The number of carbonyl (C=O) groups excluding carboxylic acids is 1. The van der Waals surface area contributed by atoms with Crippen molar-refractivity contribution in [3.63, 3.8) is 0 Å². The molecule has 1 atom stereocenters. The highest BCUT2D eigenvalue weighted by molar-refractivity contribution is 7.92. The van der Waals surface area contributed by atoms with Crippen molar-refractivity contribution < 1.29 is 17.9 Å². The Hall–Kier alpha value is -2.42. The monoisotopic (exact) mass is 431 g/mol. The van der Waals surface area contributed by atoms with Crippen LogP contribution < -0.4 is 9.62 Å². The normalized spacial score (nSPS) is 16.1. The van der Waals surface area contributed by atoms with Gasteiger partial charge in [-0.1, -0.05) is 42.5 Å². The molecule has 0 bridgehead atoms. The largest absolute Gasteiger partial charge is 0.379 e. The van der Waals surface area contributed by atoms with Crippen LogP contribution in [0, 0.1) is 0 Å². The van der Waals surface area contributed by atoms with Gasteiger partial charge in [-0.3, -0.25) is 14.0 Å². The molecule has 8 heteroatoms. The highest BCUT2D eigenvalue weighted by Crippen LogP contribution is 2.20. The lowest BCUT2D eigenvalue weighted by molar-refractivity contribution is -0.122. The van der Waals surface area contributed by atoms with Crippen molar-refractivity contribution in [3.8, 4) is 0 Å². The Morgan fingerprint density at radius 1 is 1.10 bits per heavy atom. The summed E-state index contributed by atoms with van der Waals surface area (Å²) in [5, 5.41) is 2.87. The minimum atomic E-state index is -3.61. The van der Waals surface area contributed by atoms with E-state index in [1.807, 2.05) is 12.1 Å². The van der Waals surface area contributed by atoms with Crippen LogP contribution in [-0.2, 0) is 32.6 Å². The third-order valence-electron chi connectivity index (χ3n) is 5.07. The first-order valence-electron chi connectivity index (χ1n) is 10.0. The number of carbonyl (C=O) groups is 1. The second-order valence-corrected chi connectivity index (χ2v) is 9.36. The van der Waals surface area contributed by atoms with Gasteiger partial charge in [-0.2, -0.15) is 0 Å². The van der Waals surface area contributed by atoms with E-state index >= 15 is 0 Å². The molecule has 1 N–H and O–H groups in total. The van der Waals surface area contributed by atoms with Crippen LogP contribution in [0.1, 0.15) is 18.1 Å². The van der Waals surface area contributed by atoms with Gasteiger partial charge in [0, 0.05) is 26.2 Å². The Balaban J connectivity index is 1.63. The number of anilines is 1. The van der Waals surface area contributed by atoms with E-state index < -0.39 is 16.1 Å². The molecule has 0 saturated carbocycles. The highest BCUT2D eigenvalue weighted by Gasteiger charge is 2.28. The number of morpholine rings is 1. The van der Waals surface area contributed by atoms with Crippen molar-refractivity contribution in [2.24, 2.45) is 0 Å². The number of nitrogens with one attached hydrogen (secondary N) is 1. The Morgan fingerprint density at radius 2 is 1.77 bits per heavy atom. The molecular weight excluding hydrogens is 402 g/mol. The van der Waals surface area contributed by atoms with Gasteiger partial charge in [0.05, 0.1) is 25.2 Å². The van der Waals surface area contributed by atoms with Crippen LogP contribution in [0.3, 0.4) is 0 Å². The van der Waals surface area contributed by atoms with Gasteiger partial charge in [0.2, 0.25) is 15.9 Å². The van der Waals surface area contributed by atoms with Crippen LogP contribution in [0.5, 0.6) is 0 Å². The van der Waals surface area contributed by atoms with Crippen molar-refractivity contribution >= 4 is 21.6 Å². The average Bonchev–Trinajstić information content (AvgIpc) is 2.73. The third kappa shape index (κ3) is 6.04. The van der Waals surface area contributed by atoms with E-state index in [0.717, 1.165) is 49.0 Å². The number of amides is 1. The summed E-state index contributed by atoms with van der Waals surface area (Å²) >= 11 is 0. The van der Waals surface area contributed by atoms with Gasteiger partial charge in [-0.15, -0.1) is 0 Å². The molecule has 0 radical (unpaired) electrons. The van der Waals surface area contributed by atoms with Gasteiger partial charge in [0.1, 0.15) is 6.04 Å². The number of ether oxygens (including phenoxy) is 1. The van der Waals surface area contributed by atoms with Crippen LogP contribution in [0.2, 0.25) is 0 Å². The van der Waals surface area contributed by atoms with E-state index in [2.05, 4.69) is 22.3 Å². The fourth-order valence-electron chi connectivity index (χ4n) is 3.58. The second-order valence-electron chi connectivity index (χ2n) is 7.50. The molecule has 0 aromatic heterocycles. The Bertz CT molecular complexity index is 944. The summed E-state index contributed by atoms with van der Waals surface area (Å²) in [6.45, 7) is 6.12. The summed E-state index contributed by atoms with van der Waals surface area (Å²) in [5.74, 6) is -0.345. The Kier molecular flexibility index (Phi) is 7.47. The summed E-state index contributed by atoms with van der Waals surface area (Å²) in [6, 6.07) is 15.9. The van der Waals surface area contributed by atoms with Crippen LogP contribution in [0.25, 0.3) is 0 Å². The molecule has 30 heavy (non-hydrogen) atoms. The molecule has 2 aromatic carbocycles. The minimum absolute atomic E-state index is 0.340. The predicted octanol–water partition coefficient (Wildman–Crippen LogP) is 1.99. The average molecular weight is 432 g/mol. The molecule has 0 spiro atoms. The molecule has 1 aliphatic heterocycles. The quantitative estimate of drug-likeness (QED) is 0.692. The lowest BCUT2D eigenvalue weighted by Gasteiger charge is -2.28. The predicted molar refractivity (Wildman–Crippen MR) is 118 cm³/mol. The Labute approximate surface area is 178 Å². The van der Waals surface area contributed by atoms with Crippen molar-refractivity contribution in [2.45, 2.75) is 26.1 Å². The maximum atomic E-state index is 12.7. The smallest absolute Gasteiger partial charge is 0.243 e. The van der Waals surface area contributed by atoms with Gasteiger partial charge in [0.15, 0.2) is 0 Å². The Morgan fingerprint density at radius 3 is 2.43 bits per heavy atom. The molecular formula is C22H29N3O4S. The second kappa shape index (κ2) is 10.1. The van der Waals surface area contributed by atoms with E-state index in [9.17, 15) is 13.2 Å². The summed E-state index contributed by atoms with van der Waals surface area (Å²) in [5.41, 5.74) is 2.63. The van der Waals surface area contributed by atoms with Crippen LogP contribution in [-0.4, -0.2) is 57.8 Å². The number of rotatable bonds is 8. The number of benzene rings is 2. The van der Waals surface area contributed by atoms with Gasteiger partial charge < -0.3 is 10.1 Å². The van der Waals surface area contributed by atoms with Gasteiger partial charge in [-0.05, 0) is 30.2 Å². The first-order valence-corrected chi connectivity index (χ1v) is 11.9. The van der Waals surface area contributed by atoms with E-state index in [-0.39, 0.29) is 5.91 Å². The van der Waals surface area contributed by atoms with Crippen molar-refractivity contribution in [1.29, 1.82) is 0 Å². The van der Waals surface area contributed by atoms with Crippen LogP contribution in [0.4, 0.5) is 5.69 Å². The number of hydrogen-bond acceptors (Lipinski definition) is 5. The molecule has 0 aliphatic carbocycles. The zero-order valence-electron chi connectivity index (χ0n) is 17.5. The number of hydrogen-bond donors (Lipinski definition) is 1. The van der Waals surface area contributed by atoms with Crippen LogP contribution >= 0.6 is 0 Å². The third-order valence-corrected chi connectivity index (χ3v) is 6.31. The standard InChI is InChI=1S/C22H29N3O4S/c1-18(25(30(2,27)28)21-9-4-3-5-10-21)22(26)23-16-19-7-6-8-20(15-19)17-24-11-13-29-14-12-24/h3-10,15,18H,11-14,16-17H2,1-2H3,(H,23,26)/t18-/m1/s1. The lowest BCUT2D eigenvalue weighted by atomic mass is 10.1. The minimum Gasteiger partial charge on any atom is -0.379 e. The molecule has 3 rings (SSSR count). The molecule has 2 aromatic rings. The summed E-state index contributed by atoms with van der Waals surface area (Å²) in [7, 11) is -3.61. The molecule has 0 unspecified atom stereocenters. The maximum Gasteiger partial charge on any atom is 0.243 e. The van der Waals surface area contributed by atoms with Crippen molar-refractivity contribution in [3.05, 3.63) is 65.7 Å². The lowest BCUT2D eigenvalue weighted by Crippen LogP contribution is -2.47. The molecule has 7 nitrogen and oxygen atoms in total. The van der Waals surface area contributed by atoms with E-state index in [0.29, 0.717) is 12.2 Å². The molecule has 1 saturated heterocycles. The molecule has 162 valence electrons. The zero-order valence-corrected chi connectivity index (χ0v) is 18.3. The number of para-hydroxylation sites is 1. The van der Waals surface area contributed by atoms with E-state index in [1.165, 1.54) is 5.56 Å². The van der Waals surface area contributed by atoms with Gasteiger partial charge in [-0.25, -0.2) is 8.42 Å². The van der Waals surface area contributed by atoms with E-state index in [4.69, 9.17) is 4.74 Å². The SMILES string of the molecule is C[C@H](C(=O)NCc1cccc(CN2CCOCC2)c1)N(c1ccccc1)S(C)(=O)=O. The zero-order chi connectivity index (χ0) is 21.6. The van der Waals surface area contributed by atoms with Crippen molar-refractivity contribution in [2.75, 3.05) is 36.9 Å². The topological polar surface area (TPSA) is 79.0 Å². The number of nitrogens with zero attached hydrogens (tertiary/aromatic N) is 2. The maximum absolute atomic E-state index is 12.7. The van der Waals surface area contributed by atoms with Gasteiger partial charge in [0.25, 0.3) is 0 Å². The molecule has 1 heterocycles. The van der Waals surface area contributed by atoms with Crippen molar-refractivity contribution in [1.82, 2.24) is 10.2 Å². The fourth-order valence-corrected chi connectivity index (χ4v) is 4.75. The molecule has 1 amide bonds.